The summed E-state index contributed by atoms with van der Waals surface area (Å²) in [5, 5.41) is 9.10. The number of aliphatic carboxylic acids is 1. The van der Waals surface area contributed by atoms with Crippen molar-refractivity contribution >= 4 is 12.0 Å². The highest BCUT2D eigenvalue weighted by Gasteiger charge is 2.38. The smallest absolute Gasteiger partial charge is 0.320 e. The van der Waals surface area contributed by atoms with Gasteiger partial charge in [0.15, 0.2) is 0 Å². The van der Waals surface area contributed by atoms with Crippen LogP contribution in [-0.4, -0.2) is 66.3 Å². The third-order valence-corrected chi connectivity index (χ3v) is 4.24. The van der Waals surface area contributed by atoms with Gasteiger partial charge in [0.25, 0.3) is 0 Å². The Balaban J connectivity index is 1.94. The van der Waals surface area contributed by atoms with E-state index in [9.17, 15) is 9.59 Å². The molecule has 2 aliphatic rings. The van der Waals surface area contributed by atoms with E-state index in [1.54, 1.807) is 16.8 Å². The maximum atomic E-state index is 12.4. The number of hydrogen-bond acceptors (Lipinski definition) is 3. The Labute approximate surface area is 113 Å². The van der Waals surface area contributed by atoms with Gasteiger partial charge < -0.3 is 19.6 Å². The molecule has 2 aliphatic heterocycles. The Morgan fingerprint density at radius 3 is 2.42 bits per heavy atom. The predicted molar refractivity (Wildman–Crippen MR) is 68.9 cm³/mol. The van der Waals surface area contributed by atoms with Crippen LogP contribution in [0.2, 0.25) is 0 Å². The van der Waals surface area contributed by atoms with Crippen LogP contribution >= 0.6 is 0 Å². The Morgan fingerprint density at radius 2 is 1.89 bits per heavy atom. The number of amides is 2. The van der Waals surface area contributed by atoms with Gasteiger partial charge in [-0.25, -0.2) is 4.79 Å². The van der Waals surface area contributed by atoms with Crippen molar-refractivity contribution in [2.45, 2.75) is 25.8 Å². The second-order valence-electron chi connectivity index (χ2n) is 5.56. The maximum Gasteiger partial charge on any atom is 0.320 e. The van der Waals surface area contributed by atoms with Gasteiger partial charge in [-0.1, -0.05) is 6.92 Å². The lowest BCUT2D eigenvalue weighted by Crippen LogP contribution is -2.47. The summed E-state index contributed by atoms with van der Waals surface area (Å²) >= 11 is 0. The van der Waals surface area contributed by atoms with E-state index < -0.39 is 11.9 Å². The van der Waals surface area contributed by atoms with Crippen LogP contribution in [0.25, 0.3) is 0 Å². The molecule has 19 heavy (non-hydrogen) atoms. The van der Waals surface area contributed by atoms with Crippen LogP contribution in [0.1, 0.15) is 19.8 Å². The summed E-state index contributed by atoms with van der Waals surface area (Å²) in [4.78, 5) is 26.9. The molecular formula is C13H22N2O4. The van der Waals surface area contributed by atoms with Gasteiger partial charge in [-0.2, -0.15) is 0 Å². The van der Waals surface area contributed by atoms with Gasteiger partial charge in [0.05, 0.1) is 5.92 Å². The minimum Gasteiger partial charge on any atom is -0.481 e. The molecule has 2 unspecified atom stereocenters. The van der Waals surface area contributed by atoms with Crippen LogP contribution in [0.4, 0.5) is 4.79 Å². The first-order valence-corrected chi connectivity index (χ1v) is 6.83. The molecule has 0 aromatic carbocycles. The quantitative estimate of drug-likeness (QED) is 0.808. The lowest BCUT2D eigenvalue weighted by Gasteiger charge is -2.34. The molecule has 0 aromatic heterocycles. The summed E-state index contributed by atoms with van der Waals surface area (Å²) in [5.74, 6) is -1.23. The third-order valence-electron chi connectivity index (χ3n) is 4.24. The second kappa shape index (κ2) is 5.77. The Bertz CT molecular complexity index is 355. The topological polar surface area (TPSA) is 70.1 Å². The zero-order valence-corrected chi connectivity index (χ0v) is 11.5. The normalized spacial score (nSPS) is 28.4. The second-order valence-corrected chi connectivity index (χ2v) is 5.56. The number of hydrogen-bond donors (Lipinski definition) is 1. The standard InChI is InChI=1S/C13H22N2O4/c1-9-7-15(8-11(9)12(16)17)13(18)14(2)10-3-5-19-6-4-10/h9-11H,3-8H2,1-2H3,(H,16,17). The molecule has 0 saturated carbocycles. The fourth-order valence-electron chi connectivity index (χ4n) is 2.90. The molecule has 0 aromatic rings. The van der Waals surface area contributed by atoms with Gasteiger partial charge in [-0.05, 0) is 18.8 Å². The van der Waals surface area contributed by atoms with Gasteiger partial charge >= 0.3 is 12.0 Å². The first-order valence-electron chi connectivity index (χ1n) is 6.83. The minimum absolute atomic E-state index is 0.0181. The fourth-order valence-corrected chi connectivity index (χ4v) is 2.90. The number of carbonyl (C=O) groups excluding carboxylic acids is 1. The molecular weight excluding hydrogens is 248 g/mol. The molecule has 2 rings (SSSR count). The fraction of sp³-hybridized carbons (Fsp3) is 0.846. The van der Waals surface area contributed by atoms with E-state index in [1.165, 1.54) is 0 Å². The maximum absolute atomic E-state index is 12.4. The SMILES string of the molecule is CC1CN(C(=O)N(C)C2CCOCC2)CC1C(=O)O. The van der Waals surface area contributed by atoms with Crippen molar-refractivity contribution in [1.29, 1.82) is 0 Å². The van der Waals surface area contributed by atoms with Crippen LogP contribution in [0.5, 0.6) is 0 Å². The van der Waals surface area contributed by atoms with Crippen LogP contribution in [0.3, 0.4) is 0 Å². The van der Waals surface area contributed by atoms with Gasteiger partial charge in [0.2, 0.25) is 0 Å². The average Bonchev–Trinajstić information content (AvgIpc) is 2.80. The zero-order chi connectivity index (χ0) is 14.0. The highest BCUT2D eigenvalue weighted by molar-refractivity contribution is 5.77. The number of carboxylic acid groups (broad SMARTS) is 1. The van der Waals surface area contributed by atoms with Crippen molar-refractivity contribution in [1.82, 2.24) is 9.80 Å². The van der Waals surface area contributed by atoms with Crippen molar-refractivity contribution in [2.24, 2.45) is 11.8 Å². The van der Waals surface area contributed by atoms with Crippen molar-refractivity contribution in [2.75, 3.05) is 33.4 Å². The van der Waals surface area contributed by atoms with Gasteiger partial charge in [-0.3, -0.25) is 4.79 Å². The molecule has 0 spiro atoms. The van der Waals surface area contributed by atoms with Gasteiger partial charge in [0, 0.05) is 39.4 Å². The number of carboxylic acids is 1. The largest absolute Gasteiger partial charge is 0.481 e. The lowest BCUT2D eigenvalue weighted by molar-refractivity contribution is -0.142. The van der Waals surface area contributed by atoms with Crippen molar-refractivity contribution in [3.8, 4) is 0 Å². The van der Waals surface area contributed by atoms with E-state index >= 15 is 0 Å². The van der Waals surface area contributed by atoms with E-state index in [2.05, 4.69) is 0 Å². The van der Waals surface area contributed by atoms with Crippen LogP contribution in [0, 0.1) is 11.8 Å². The van der Waals surface area contributed by atoms with Crippen molar-refractivity contribution in [3.63, 3.8) is 0 Å². The molecule has 6 nitrogen and oxygen atoms in total. The first-order chi connectivity index (χ1) is 9.00. The minimum atomic E-state index is -0.809. The average molecular weight is 270 g/mol. The molecule has 2 heterocycles. The summed E-state index contributed by atoms with van der Waals surface area (Å²) in [6.07, 6.45) is 1.71. The van der Waals surface area contributed by atoms with Crippen LogP contribution in [-0.2, 0) is 9.53 Å². The molecule has 1 N–H and O–H groups in total. The third kappa shape index (κ3) is 3.00. The number of nitrogens with zero attached hydrogens (tertiary/aromatic N) is 2. The molecule has 6 heteroatoms. The summed E-state index contributed by atoms with van der Waals surface area (Å²) in [6.45, 7) is 4.12. The van der Waals surface area contributed by atoms with Gasteiger partial charge in [-0.15, -0.1) is 0 Å². The van der Waals surface area contributed by atoms with E-state index in [0.29, 0.717) is 26.3 Å². The van der Waals surface area contributed by atoms with Crippen molar-refractivity contribution < 1.29 is 19.4 Å². The number of likely N-dealkylation sites (tertiary alicyclic amines) is 1. The Morgan fingerprint density at radius 1 is 1.26 bits per heavy atom. The van der Waals surface area contributed by atoms with E-state index in [1.807, 2.05) is 6.92 Å². The van der Waals surface area contributed by atoms with E-state index in [-0.39, 0.29) is 18.0 Å². The van der Waals surface area contributed by atoms with Crippen LogP contribution in [0.15, 0.2) is 0 Å². The summed E-state index contributed by atoms with van der Waals surface area (Å²) in [6, 6.07) is 0.155. The van der Waals surface area contributed by atoms with E-state index in [0.717, 1.165) is 12.8 Å². The lowest BCUT2D eigenvalue weighted by atomic mass is 9.99. The highest BCUT2D eigenvalue weighted by Crippen LogP contribution is 2.25. The number of ether oxygens (including phenoxy) is 1. The molecule has 2 amide bonds. The predicted octanol–water partition coefficient (Wildman–Crippen LogP) is 0.870. The molecule has 2 atom stereocenters. The highest BCUT2D eigenvalue weighted by atomic mass is 16.5. The Kier molecular flexibility index (Phi) is 4.29. The molecule has 0 bridgehead atoms. The molecule has 0 aliphatic carbocycles. The number of urea groups is 1. The molecule has 0 radical (unpaired) electrons. The Hall–Kier alpha value is -1.30. The molecule has 2 fully saturated rings. The molecule has 108 valence electrons. The number of carbonyl (C=O) groups is 2. The van der Waals surface area contributed by atoms with Crippen LogP contribution < -0.4 is 0 Å². The first kappa shape index (κ1) is 14.1. The monoisotopic (exact) mass is 270 g/mol. The summed E-state index contributed by atoms with van der Waals surface area (Å²) in [5.41, 5.74) is 0. The zero-order valence-electron chi connectivity index (χ0n) is 11.5. The van der Waals surface area contributed by atoms with E-state index in [4.69, 9.17) is 9.84 Å². The summed E-state index contributed by atoms with van der Waals surface area (Å²) < 4.78 is 5.29. The summed E-state index contributed by atoms with van der Waals surface area (Å²) in [7, 11) is 1.80. The van der Waals surface area contributed by atoms with Gasteiger partial charge in [0.1, 0.15) is 0 Å². The van der Waals surface area contributed by atoms with Crippen molar-refractivity contribution in [3.05, 3.63) is 0 Å². The number of rotatable bonds is 2. The molecule has 2 saturated heterocycles.